The maximum Gasteiger partial charge on any atom is 0.306 e. The van der Waals surface area contributed by atoms with Crippen LogP contribution in [0.2, 0.25) is 0 Å². The molecule has 112 valence electrons. The number of unbranched alkanes of at least 4 members (excludes halogenated alkanes) is 3. The summed E-state index contributed by atoms with van der Waals surface area (Å²) in [4.78, 5) is 11.3. The molecule has 2 heteroatoms. The van der Waals surface area contributed by atoms with Gasteiger partial charge in [0, 0.05) is 6.42 Å². The molecule has 1 atom stereocenters. The molecule has 0 spiro atoms. The Labute approximate surface area is 123 Å². The standard InChI is InChI=1S/C18H28O2/c1-2-3-4-5-6-7-8-9-10-11-14-17-15-12-13-16-18(19)20-17/h6-7,9-11,14,17H,2-5,8,12-13,15-16H2,1H3/b7-6-,10-9-,14-11+. The first kappa shape index (κ1) is 16.7. The van der Waals surface area contributed by atoms with Crippen LogP contribution >= 0.6 is 0 Å². The lowest BCUT2D eigenvalue weighted by Crippen LogP contribution is -2.12. The molecule has 0 aromatic heterocycles. The first-order chi connectivity index (χ1) is 9.83. The van der Waals surface area contributed by atoms with Crippen molar-refractivity contribution >= 4 is 5.97 Å². The maximum atomic E-state index is 11.3. The summed E-state index contributed by atoms with van der Waals surface area (Å²) in [6, 6.07) is 0. The molecule has 1 saturated heterocycles. The van der Waals surface area contributed by atoms with E-state index in [2.05, 4.69) is 25.2 Å². The van der Waals surface area contributed by atoms with E-state index in [4.69, 9.17) is 4.74 Å². The largest absolute Gasteiger partial charge is 0.458 e. The topological polar surface area (TPSA) is 26.3 Å². The highest BCUT2D eigenvalue weighted by molar-refractivity contribution is 5.69. The fourth-order valence-electron chi connectivity index (χ4n) is 2.19. The van der Waals surface area contributed by atoms with Gasteiger partial charge < -0.3 is 4.74 Å². The van der Waals surface area contributed by atoms with Crippen molar-refractivity contribution in [3.8, 4) is 0 Å². The monoisotopic (exact) mass is 276 g/mol. The van der Waals surface area contributed by atoms with Crippen molar-refractivity contribution in [1.29, 1.82) is 0 Å². The van der Waals surface area contributed by atoms with Crippen molar-refractivity contribution < 1.29 is 9.53 Å². The molecule has 0 amide bonds. The predicted molar refractivity (Wildman–Crippen MR) is 84.5 cm³/mol. The van der Waals surface area contributed by atoms with Crippen LogP contribution in [-0.4, -0.2) is 12.1 Å². The summed E-state index contributed by atoms with van der Waals surface area (Å²) in [5.41, 5.74) is 0. The van der Waals surface area contributed by atoms with Crippen LogP contribution in [0.15, 0.2) is 36.5 Å². The molecule has 1 rings (SSSR count). The number of hydrogen-bond donors (Lipinski definition) is 0. The maximum absolute atomic E-state index is 11.3. The smallest absolute Gasteiger partial charge is 0.306 e. The van der Waals surface area contributed by atoms with Crippen LogP contribution in [0.1, 0.15) is 64.7 Å². The van der Waals surface area contributed by atoms with Crippen molar-refractivity contribution in [3.05, 3.63) is 36.5 Å². The number of carbonyl (C=O) groups is 1. The van der Waals surface area contributed by atoms with Crippen molar-refractivity contribution in [1.82, 2.24) is 0 Å². The molecule has 0 aromatic carbocycles. The summed E-state index contributed by atoms with van der Waals surface area (Å²) < 4.78 is 5.32. The van der Waals surface area contributed by atoms with Gasteiger partial charge in [-0.15, -0.1) is 0 Å². The molecular weight excluding hydrogens is 248 g/mol. The van der Waals surface area contributed by atoms with Gasteiger partial charge in [0.1, 0.15) is 6.10 Å². The van der Waals surface area contributed by atoms with Crippen LogP contribution in [0, 0.1) is 0 Å². The molecular formula is C18H28O2. The molecule has 0 bridgehead atoms. The molecule has 1 fully saturated rings. The van der Waals surface area contributed by atoms with Crippen LogP contribution in [0.25, 0.3) is 0 Å². The highest BCUT2D eigenvalue weighted by Crippen LogP contribution is 2.15. The Bertz CT molecular complexity index is 339. The zero-order valence-electron chi connectivity index (χ0n) is 12.7. The Balaban J connectivity index is 2.13. The molecule has 0 saturated carbocycles. The van der Waals surface area contributed by atoms with Gasteiger partial charge in [-0.25, -0.2) is 0 Å². The molecule has 0 aromatic rings. The predicted octanol–water partition coefficient (Wildman–Crippen LogP) is 5.11. The third kappa shape index (κ3) is 8.73. The Morgan fingerprint density at radius 2 is 2.05 bits per heavy atom. The van der Waals surface area contributed by atoms with Gasteiger partial charge in [0.25, 0.3) is 0 Å². The van der Waals surface area contributed by atoms with E-state index < -0.39 is 0 Å². The fourth-order valence-corrected chi connectivity index (χ4v) is 2.19. The van der Waals surface area contributed by atoms with Gasteiger partial charge in [-0.3, -0.25) is 4.79 Å². The number of esters is 1. The number of hydrogen-bond acceptors (Lipinski definition) is 2. The zero-order chi connectivity index (χ0) is 14.5. The molecule has 1 aliphatic rings. The second-order valence-electron chi connectivity index (χ2n) is 5.29. The van der Waals surface area contributed by atoms with E-state index >= 15 is 0 Å². The number of carbonyl (C=O) groups excluding carboxylic acids is 1. The SMILES string of the molecule is CCCCC/C=C\C/C=C\C=C\C1CCCCC(=O)O1. The van der Waals surface area contributed by atoms with Crippen LogP contribution in [0.4, 0.5) is 0 Å². The van der Waals surface area contributed by atoms with Crippen LogP contribution < -0.4 is 0 Å². The van der Waals surface area contributed by atoms with Gasteiger partial charge in [0.05, 0.1) is 0 Å². The van der Waals surface area contributed by atoms with Crippen LogP contribution in [-0.2, 0) is 9.53 Å². The van der Waals surface area contributed by atoms with Crippen molar-refractivity contribution in [2.45, 2.75) is 70.8 Å². The van der Waals surface area contributed by atoms with E-state index in [0.717, 1.165) is 25.7 Å². The molecule has 1 aliphatic heterocycles. The summed E-state index contributed by atoms with van der Waals surface area (Å²) in [7, 11) is 0. The van der Waals surface area contributed by atoms with E-state index in [9.17, 15) is 4.79 Å². The Morgan fingerprint density at radius 1 is 1.15 bits per heavy atom. The van der Waals surface area contributed by atoms with Crippen LogP contribution in [0.5, 0.6) is 0 Å². The van der Waals surface area contributed by atoms with E-state index in [1.54, 1.807) is 0 Å². The highest BCUT2D eigenvalue weighted by atomic mass is 16.5. The zero-order valence-corrected chi connectivity index (χ0v) is 12.7. The van der Waals surface area contributed by atoms with Crippen molar-refractivity contribution in [2.24, 2.45) is 0 Å². The first-order valence-corrected chi connectivity index (χ1v) is 8.00. The van der Waals surface area contributed by atoms with Crippen molar-refractivity contribution in [2.75, 3.05) is 0 Å². The molecule has 20 heavy (non-hydrogen) atoms. The number of allylic oxidation sites excluding steroid dienone is 5. The number of ether oxygens (including phenoxy) is 1. The lowest BCUT2D eigenvalue weighted by Gasteiger charge is -2.08. The lowest BCUT2D eigenvalue weighted by molar-refractivity contribution is -0.145. The second-order valence-corrected chi connectivity index (χ2v) is 5.29. The van der Waals surface area contributed by atoms with E-state index in [1.165, 1.54) is 25.7 Å². The molecule has 1 heterocycles. The summed E-state index contributed by atoms with van der Waals surface area (Å²) in [5, 5.41) is 0. The van der Waals surface area contributed by atoms with Gasteiger partial charge in [-0.05, 0) is 44.6 Å². The summed E-state index contributed by atoms with van der Waals surface area (Å²) in [6.07, 6.45) is 22.2. The van der Waals surface area contributed by atoms with E-state index in [1.807, 2.05) is 18.2 Å². The van der Waals surface area contributed by atoms with Gasteiger partial charge in [0.2, 0.25) is 0 Å². The third-order valence-corrected chi connectivity index (χ3v) is 3.39. The van der Waals surface area contributed by atoms with E-state index in [0.29, 0.717) is 6.42 Å². The molecule has 0 N–H and O–H groups in total. The molecule has 0 radical (unpaired) electrons. The summed E-state index contributed by atoms with van der Waals surface area (Å²) in [5.74, 6) is -0.0591. The Hall–Kier alpha value is -1.31. The number of cyclic esters (lactones) is 1. The summed E-state index contributed by atoms with van der Waals surface area (Å²) >= 11 is 0. The Morgan fingerprint density at radius 3 is 2.90 bits per heavy atom. The fraction of sp³-hybridized carbons (Fsp3) is 0.611. The van der Waals surface area contributed by atoms with Gasteiger partial charge in [-0.1, -0.05) is 50.1 Å². The summed E-state index contributed by atoms with van der Waals surface area (Å²) in [6.45, 7) is 2.23. The average molecular weight is 276 g/mol. The molecule has 0 aliphatic carbocycles. The molecule has 1 unspecified atom stereocenters. The highest BCUT2D eigenvalue weighted by Gasteiger charge is 2.15. The third-order valence-electron chi connectivity index (χ3n) is 3.39. The second kappa shape index (κ2) is 11.5. The minimum absolute atomic E-state index is 0.0285. The van der Waals surface area contributed by atoms with Gasteiger partial charge in [-0.2, -0.15) is 0 Å². The van der Waals surface area contributed by atoms with Crippen molar-refractivity contribution in [3.63, 3.8) is 0 Å². The minimum Gasteiger partial charge on any atom is -0.458 e. The lowest BCUT2D eigenvalue weighted by atomic mass is 10.1. The average Bonchev–Trinajstić information content (AvgIpc) is 2.65. The quantitative estimate of drug-likeness (QED) is 0.266. The number of rotatable bonds is 8. The first-order valence-electron chi connectivity index (χ1n) is 8.00. The van der Waals surface area contributed by atoms with E-state index in [-0.39, 0.29) is 12.1 Å². The van der Waals surface area contributed by atoms with Crippen LogP contribution in [0.3, 0.4) is 0 Å². The Kier molecular flexibility index (Phi) is 9.64. The molecule has 2 nitrogen and oxygen atoms in total. The minimum atomic E-state index is -0.0591. The normalized spacial score (nSPS) is 20.9. The van der Waals surface area contributed by atoms with Gasteiger partial charge in [0.15, 0.2) is 0 Å². The van der Waals surface area contributed by atoms with Gasteiger partial charge >= 0.3 is 5.97 Å².